The molecule has 1 saturated carbocycles. The number of carbonyl (C=O) groups is 1. The van der Waals surface area contributed by atoms with Crippen molar-refractivity contribution in [3.8, 4) is 0 Å². The molecule has 2 aliphatic rings. The van der Waals surface area contributed by atoms with Gasteiger partial charge in [-0.05, 0) is 30.7 Å². The van der Waals surface area contributed by atoms with Crippen LogP contribution >= 0.6 is 0 Å². The predicted molar refractivity (Wildman–Crippen MR) is 89.0 cm³/mol. The van der Waals surface area contributed by atoms with Crippen LogP contribution in [0, 0.1) is 11.8 Å². The molecular formula is C17H20N4O3. The number of fused-ring (bicyclic) bond motifs is 2. The van der Waals surface area contributed by atoms with Gasteiger partial charge in [0.15, 0.2) is 0 Å². The predicted octanol–water partition coefficient (Wildman–Crippen LogP) is 1.26. The molecule has 2 N–H and O–H groups in total. The number of amides is 1. The van der Waals surface area contributed by atoms with Gasteiger partial charge >= 0.3 is 5.69 Å². The number of piperidine rings is 1. The number of hydrogen-bond acceptors (Lipinski definition) is 4. The van der Waals surface area contributed by atoms with Crippen LogP contribution in [0.15, 0.2) is 21.9 Å². The number of pyridine rings is 1. The molecule has 2 aromatic heterocycles. The molecule has 2 atom stereocenters. The van der Waals surface area contributed by atoms with Gasteiger partial charge in [0, 0.05) is 19.3 Å². The van der Waals surface area contributed by atoms with Crippen LogP contribution in [0.5, 0.6) is 0 Å². The van der Waals surface area contributed by atoms with E-state index >= 15 is 0 Å². The Kier molecular flexibility index (Phi) is 3.70. The second-order valence-corrected chi connectivity index (χ2v) is 6.87. The number of nitrogens with one attached hydrogen (secondary N) is 2. The van der Waals surface area contributed by atoms with E-state index in [9.17, 15) is 14.4 Å². The summed E-state index contributed by atoms with van der Waals surface area (Å²) < 4.78 is 0. The summed E-state index contributed by atoms with van der Waals surface area (Å²) in [6.45, 7) is 1.56. The van der Waals surface area contributed by atoms with Crippen LogP contribution in [0.3, 0.4) is 0 Å². The third kappa shape index (κ3) is 2.64. The molecule has 0 spiro atoms. The molecule has 0 aromatic carbocycles. The lowest BCUT2D eigenvalue weighted by atomic mass is 9.75. The van der Waals surface area contributed by atoms with Crippen molar-refractivity contribution in [2.45, 2.75) is 32.1 Å². The summed E-state index contributed by atoms with van der Waals surface area (Å²) in [6.07, 6.45) is 7.55. The van der Waals surface area contributed by atoms with Crippen molar-refractivity contribution in [1.82, 2.24) is 19.9 Å². The minimum atomic E-state index is -0.599. The monoisotopic (exact) mass is 328 g/mol. The van der Waals surface area contributed by atoms with Crippen molar-refractivity contribution >= 4 is 16.9 Å². The molecule has 2 aromatic rings. The zero-order chi connectivity index (χ0) is 16.7. The summed E-state index contributed by atoms with van der Waals surface area (Å²) in [5.41, 5.74) is -0.527. The number of H-pyrrole nitrogens is 2. The molecule has 0 bridgehead atoms. The number of carbonyl (C=O) groups excluding carboxylic acids is 1. The van der Waals surface area contributed by atoms with Gasteiger partial charge in [-0.3, -0.25) is 19.6 Å². The Balaban J connectivity index is 1.61. The lowest BCUT2D eigenvalue weighted by Gasteiger charge is -2.41. The fourth-order valence-electron chi connectivity index (χ4n) is 4.13. The summed E-state index contributed by atoms with van der Waals surface area (Å²) in [4.78, 5) is 46.6. The summed E-state index contributed by atoms with van der Waals surface area (Å²) in [5.74, 6) is 1.27. The number of hydrogen-bond donors (Lipinski definition) is 2. The van der Waals surface area contributed by atoms with E-state index in [1.165, 1.54) is 37.9 Å². The molecule has 7 nitrogen and oxygen atoms in total. The van der Waals surface area contributed by atoms with Crippen LogP contribution < -0.4 is 11.2 Å². The smallest absolute Gasteiger partial charge is 0.327 e. The van der Waals surface area contributed by atoms with Crippen molar-refractivity contribution < 1.29 is 4.79 Å². The van der Waals surface area contributed by atoms with Gasteiger partial charge in [0.25, 0.3) is 11.5 Å². The minimum absolute atomic E-state index is 0.0842. The maximum Gasteiger partial charge on any atom is 0.327 e. The summed E-state index contributed by atoms with van der Waals surface area (Å²) in [6, 6.07) is 1.52. The second-order valence-electron chi connectivity index (χ2n) is 6.87. The van der Waals surface area contributed by atoms with E-state index in [0.717, 1.165) is 25.4 Å². The maximum atomic E-state index is 12.8. The third-order valence-corrected chi connectivity index (χ3v) is 5.42. The molecule has 3 heterocycles. The van der Waals surface area contributed by atoms with Crippen LogP contribution in [0.1, 0.15) is 42.5 Å². The van der Waals surface area contributed by atoms with E-state index in [1.807, 2.05) is 4.90 Å². The molecule has 0 radical (unpaired) electrons. The molecular weight excluding hydrogens is 308 g/mol. The van der Waals surface area contributed by atoms with Gasteiger partial charge in [-0.25, -0.2) is 9.78 Å². The Morgan fingerprint density at radius 1 is 1.12 bits per heavy atom. The van der Waals surface area contributed by atoms with Crippen LogP contribution in [0.2, 0.25) is 0 Å². The Morgan fingerprint density at radius 3 is 2.75 bits per heavy atom. The number of likely N-dealkylation sites (tertiary alicyclic amines) is 1. The fourth-order valence-corrected chi connectivity index (χ4v) is 4.13. The molecule has 1 saturated heterocycles. The molecule has 7 heteroatoms. The fraction of sp³-hybridized carbons (Fsp3) is 0.529. The van der Waals surface area contributed by atoms with Gasteiger partial charge in [-0.1, -0.05) is 19.3 Å². The number of rotatable bonds is 1. The SMILES string of the molecule is O=C(c1cnc2[nH]c(=O)[nH]c(=O)c2c1)N1CC[C@H]2CCCC[C@H]2C1. The molecule has 0 unspecified atom stereocenters. The first kappa shape index (κ1) is 15.1. The standard InChI is InChI=1S/C17H20N4O3/c22-15-13-7-12(8-18-14(13)19-17(24)20-15)16(23)21-6-5-10-3-1-2-4-11(10)9-21/h7-8,10-11H,1-6,9H2,(H2,18,19,20,22,24)/t10-,11+/m1/s1. The van der Waals surface area contributed by atoms with Gasteiger partial charge in [-0.15, -0.1) is 0 Å². The second kappa shape index (κ2) is 5.89. The summed E-state index contributed by atoms with van der Waals surface area (Å²) in [7, 11) is 0. The Hall–Kier alpha value is -2.44. The van der Waals surface area contributed by atoms with Crippen molar-refractivity contribution in [1.29, 1.82) is 0 Å². The van der Waals surface area contributed by atoms with Gasteiger partial charge in [0.2, 0.25) is 0 Å². The maximum absolute atomic E-state index is 12.8. The average molecular weight is 328 g/mol. The lowest BCUT2D eigenvalue weighted by molar-refractivity contribution is 0.0520. The van der Waals surface area contributed by atoms with E-state index in [4.69, 9.17) is 0 Å². The number of nitrogens with zero attached hydrogens (tertiary/aromatic N) is 2. The Bertz CT molecular complexity index is 901. The van der Waals surface area contributed by atoms with E-state index in [-0.39, 0.29) is 16.9 Å². The van der Waals surface area contributed by atoms with Crippen LogP contribution in [0.25, 0.3) is 11.0 Å². The average Bonchev–Trinajstić information content (AvgIpc) is 2.60. The molecule has 4 rings (SSSR count). The first-order valence-electron chi connectivity index (χ1n) is 8.53. The quantitative estimate of drug-likeness (QED) is 0.823. The topological polar surface area (TPSA) is 98.9 Å². The van der Waals surface area contributed by atoms with Crippen molar-refractivity contribution in [2.24, 2.45) is 11.8 Å². The van der Waals surface area contributed by atoms with E-state index in [2.05, 4.69) is 15.0 Å². The molecule has 1 amide bonds. The van der Waals surface area contributed by atoms with Crippen molar-refractivity contribution in [3.63, 3.8) is 0 Å². The normalized spacial score (nSPS) is 23.9. The number of aromatic amines is 2. The molecule has 24 heavy (non-hydrogen) atoms. The van der Waals surface area contributed by atoms with E-state index in [0.29, 0.717) is 11.5 Å². The highest BCUT2D eigenvalue weighted by Crippen LogP contribution is 2.36. The molecule has 126 valence electrons. The molecule has 2 fully saturated rings. The first-order chi connectivity index (χ1) is 11.6. The molecule has 1 aliphatic heterocycles. The number of aromatic nitrogens is 3. The Morgan fingerprint density at radius 2 is 1.92 bits per heavy atom. The van der Waals surface area contributed by atoms with Crippen LogP contribution in [-0.2, 0) is 0 Å². The van der Waals surface area contributed by atoms with Gasteiger partial charge in [0.05, 0.1) is 10.9 Å². The van der Waals surface area contributed by atoms with Gasteiger partial charge in [-0.2, -0.15) is 0 Å². The summed E-state index contributed by atoms with van der Waals surface area (Å²) >= 11 is 0. The first-order valence-corrected chi connectivity index (χ1v) is 8.53. The molecule has 1 aliphatic carbocycles. The highest BCUT2D eigenvalue weighted by molar-refractivity contribution is 5.96. The lowest BCUT2D eigenvalue weighted by Crippen LogP contribution is -2.44. The van der Waals surface area contributed by atoms with Crippen molar-refractivity contribution in [3.05, 3.63) is 38.7 Å². The largest absolute Gasteiger partial charge is 0.338 e. The van der Waals surface area contributed by atoms with Crippen LogP contribution in [-0.4, -0.2) is 38.8 Å². The van der Waals surface area contributed by atoms with E-state index in [1.54, 1.807) is 0 Å². The zero-order valence-corrected chi connectivity index (χ0v) is 13.4. The Labute approximate surface area is 138 Å². The minimum Gasteiger partial charge on any atom is -0.338 e. The van der Waals surface area contributed by atoms with Crippen molar-refractivity contribution in [2.75, 3.05) is 13.1 Å². The zero-order valence-electron chi connectivity index (χ0n) is 13.4. The third-order valence-electron chi connectivity index (χ3n) is 5.42. The van der Waals surface area contributed by atoms with Crippen LogP contribution in [0.4, 0.5) is 0 Å². The summed E-state index contributed by atoms with van der Waals surface area (Å²) in [5, 5.41) is 0.230. The van der Waals surface area contributed by atoms with Gasteiger partial charge < -0.3 is 4.90 Å². The van der Waals surface area contributed by atoms with E-state index < -0.39 is 11.2 Å². The highest BCUT2D eigenvalue weighted by atomic mass is 16.2. The highest BCUT2D eigenvalue weighted by Gasteiger charge is 2.33. The van der Waals surface area contributed by atoms with Gasteiger partial charge in [0.1, 0.15) is 5.65 Å².